The van der Waals surface area contributed by atoms with E-state index in [9.17, 15) is 24.5 Å². The SMILES string of the molecule is CC1(C)C(=O)Nc2ccccc2N1C(=O)Cn1cnc2ccc([N+](=O)[O-])cc2c1=O. The lowest BCUT2D eigenvalue weighted by atomic mass is 9.96. The number of nitrogens with zero attached hydrogens (tertiary/aromatic N) is 4. The largest absolute Gasteiger partial charge is 0.322 e. The predicted molar refractivity (Wildman–Crippen MR) is 109 cm³/mol. The van der Waals surface area contributed by atoms with E-state index in [-0.39, 0.29) is 29.0 Å². The number of rotatable bonds is 3. The molecule has 10 heteroatoms. The number of hydrogen-bond donors (Lipinski definition) is 1. The van der Waals surface area contributed by atoms with Gasteiger partial charge in [-0.3, -0.25) is 34.0 Å². The molecule has 0 unspecified atom stereocenters. The Morgan fingerprint density at radius 3 is 2.67 bits per heavy atom. The molecule has 0 aliphatic carbocycles. The Labute approximate surface area is 169 Å². The third-order valence-corrected chi connectivity index (χ3v) is 5.08. The van der Waals surface area contributed by atoms with Crippen LogP contribution in [0.3, 0.4) is 0 Å². The van der Waals surface area contributed by atoms with Crippen LogP contribution >= 0.6 is 0 Å². The van der Waals surface area contributed by atoms with Gasteiger partial charge >= 0.3 is 0 Å². The first-order valence-corrected chi connectivity index (χ1v) is 9.07. The molecule has 2 amide bonds. The monoisotopic (exact) mass is 407 g/mol. The number of nitro groups is 1. The summed E-state index contributed by atoms with van der Waals surface area (Å²) < 4.78 is 1.08. The maximum absolute atomic E-state index is 13.2. The number of para-hydroxylation sites is 2. The van der Waals surface area contributed by atoms with Crippen LogP contribution in [0, 0.1) is 10.1 Å². The van der Waals surface area contributed by atoms with Gasteiger partial charge in [-0.05, 0) is 32.0 Å². The van der Waals surface area contributed by atoms with Gasteiger partial charge < -0.3 is 5.32 Å². The maximum Gasteiger partial charge on any atom is 0.270 e. The number of fused-ring (bicyclic) bond motifs is 2. The molecule has 1 aliphatic heterocycles. The van der Waals surface area contributed by atoms with Gasteiger partial charge in [-0.2, -0.15) is 0 Å². The molecular formula is C20H17N5O5. The second-order valence-corrected chi connectivity index (χ2v) is 7.40. The third-order valence-electron chi connectivity index (χ3n) is 5.08. The Balaban J connectivity index is 1.76. The lowest BCUT2D eigenvalue weighted by Crippen LogP contribution is -2.59. The molecule has 1 aliphatic rings. The van der Waals surface area contributed by atoms with Crippen molar-refractivity contribution in [3.05, 3.63) is 69.3 Å². The molecule has 10 nitrogen and oxygen atoms in total. The predicted octanol–water partition coefficient (Wildman–Crippen LogP) is 2.07. The van der Waals surface area contributed by atoms with Crippen molar-refractivity contribution in [1.82, 2.24) is 9.55 Å². The minimum atomic E-state index is -1.18. The first kappa shape index (κ1) is 19.2. The number of nitrogens with one attached hydrogen (secondary N) is 1. The number of nitro benzene ring substituents is 1. The van der Waals surface area contributed by atoms with E-state index in [1.54, 1.807) is 38.1 Å². The number of benzene rings is 2. The van der Waals surface area contributed by atoms with E-state index in [1.165, 1.54) is 23.4 Å². The zero-order valence-corrected chi connectivity index (χ0v) is 16.2. The molecule has 3 aromatic rings. The van der Waals surface area contributed by atoms with E-state index < -0.39 is 21.9 Å². The molecular weight excluding hydrogens is 390 g/mol. The van der Waals surface area contributed by atoms with Crippen molar-refractivity contribution in [3.8, 4) is 0 Å². The van der Waals surface area contributed by atoms with Gasteiger partial charge in [0.05, 0.1) is 33.5 Å². The van der Waals surface area contributed by atoms with E-state index in [4.69, 9.17) is 0 Å². The molecule has 30 heavy (non-hydrogen) atoms. The minimum absolute atomic E-state index is 0.0375. The zero-order valence-electron chi connectivity index (χ0n) is 16.2. The Morgan fingerprint density at radius 2 is 1.93 bits per heavy atom. The molecule has 0 spiro atoms. The molecule has 0 saturated carbocycles. The third kappa shape index (κ3) is 2.98. The number of carbonyl (C=O) groups excluding carboxylic acids is 2. The molecule has 0 atom stereocenters. The molecule has 2 aromatic carbocycles. The van der Waals surface area contributed by atoms with Crippen LogP contribution < -0.4 is 15.8 Å². The average Bonchev–Trinajstić information content (AvgIpc) is 2.70. The van der Waals surface area contributed by atoms with Crippen LogP contribution in [0.5, 0.6) is 0 Å². The summed E-state index contributed by atoms with van der Waals surface area (Å²) in [5.41, 5.74) is -0.701. The molecule has 152 valence electrons. The molecule has 1 N–H and O–H groups in total. The molecule has 0 bridgehead atoms. The highest BCUT2D eigenvalue weighted by molar-refractivity contribution is 6.14. The average molecular weight is 407 g/mol. The molecule has 4 rings (SSSR count). The van der Waals surface area contributed by atoms with E-state index in [2.05, 4.69) is 10.3 Å². The Morgan fingerprint density at radius 1 is 1.20 bits per heavy atom. The number of hydrogen-bond acceptors (Lipinski definition) is 6. The fraction of sp³-hybridized carbons (Fsp3) is 0.200. The van der Waals surface area contributed by atoms with Gasteiger partial charge in [0.25, 0.3) is 11.2 Å². The number of carbonyl (C=O) groups is 2. The summed E-state index contributed by atoms with van der Waals surface area (Å²) in [5.74, 6) is -0.842. The van der Waals surface area contributed by atoms with Gasteiger partial charge in [0.15, 0.2) is 0 Å². The Bertz CT molecular complexity index is 1280. The highest BCUT2D eigenvalue weighted by Crippen LogP contribution is 2.36. The van der Waals surface area contributed by atoms with Gasteiger partial charge in [-0.1, -0.05) is 12.1 Å². The van der Waals surface area contributed by atoms with Crippen LogP contribution in [-0.4, -0.2) is 31.8 Å². The lowest BCUT2D eigenvalue weighted by Gasteiger charge is -2.42. The normalized spacial score (nSPS) is 14.9. The van der Waals surface area contributed by atoms with Crippen LogP contribution in [0.1, 0.15) is 13.8 Å². The van der Waals surface area contributed by atoms with Crippen molar-refractivity contribution >= 4 is 39.8 Å². The summed E-state index contributed by atoms with van der Waals surface area (Å²) in [6.45, 7) is 2.84. The van der Waals surface area contributed by atoms with Crippen LogP contribution in [-0.2, 0) is 16.1 Å². The number of amides is 2. The van der Waals surface area contributed by atoms with E-state index in [0.29, 0.717) is 11.4 Å². The van der Waals surface area contributed by atoms with Crippen LogP contribution in [0.2, 0.25) is 0 Å². The van der Waals surface area contributed by atoms with Crippen molar-refractivity contribution < 1.29 is 14.5 Å². The van der Waals surface area contributed by atoms with Crippen molar-refractivity contribution in [3.63, 3.8) is 0 Å². The summed E-state index contributed by atoms with van der Waals surface area (Å²) in [7, 11) is 0. The Kier molecular flexibility index (Phi) is 4.34. The van der Waals surface area contributed by atoms with Crippen LogP contribution in [0.4, 0.5) is 17.1 Å². The Hall–Kier alpha value is -4.08. The van der Waals surface area contributed by atoms with Gasteiger partial charge in [-0.25, -0.2) is 4.98 Å². The quantitative estimate of drug-likeness (QED) is 0.523. The smallest absolute Gasteiger partial charge is 0.270 e. The molecule has 0 fully saturated rings. The van der Waals surface area contributed by atoms with E-state index in [0.717, 1.165) is 10.6 Å². The standard InChI is InChI=1S/C20H17N5O5/c1-20(2)19(28)22-15-5-3-4-6-16(15)24(20)17(26)10-23-11-21-14-8-7-12(25(29)30)9-13(14)18(23)27/h3-9,11H,10H2,1-2H3,(H,22,28). The van der Waals surface area contributed by atoms with E-state index >= 15 is 0 Å². The van der Waals surface area contributed by atoms with Gasteiger partial charge in [0.1, 0.15) is 12.1 Å². The molecule has 2 heterocycles. The highest BCUT2D eigenvalue weighted by atomic mass is 16.6. The fourth-order valence-corrected chi connectivity index (χ4v) is 3.49. The molecule has 0 radical (unpaired) electrons. The highest BCUT2D eigenvalue weighted by Gasteiger charge is 2.43. The second-order valence-electron chi connectivity index (χ2n) is 7.40. The van der Waals surface area contributed by atoms with Crippen LogP contribution in [0.25, 0.3) is 10.9 Å². The maximum atomic E-state index is 13.2. The number of non-ortho nitro benzene ring substituents is 1. The summed E-state index contributed by atoms with van der Waals surface area (Å²) in [6.07, 6.45) is 1.22. The number of anilines is 2. The van der Waals surface area contributed by atoms with E-state index in [1.807, 2.05) is 0 Å². The van der Waals surface area contributed by atoms with Gasteiger partial charge in [0, 0.05) is 12.1 Å². The lowest BCUT2D eigenvalue weighted by molar-refractivity contribution is -0.384. The first-order valence-electron chi connectivity index (χ1n) is 9.07. The summed E-state index contributed by atoms with van der Waals surface area (Å²) in [4.78, 5) is 54.5. The van der Waals surface area contributed by atoms with Crippen molar-refractivity contribution in [2.24, 2.45) is 0 Å². The number of aromatic nitrogens is 2. The fourth-order valence-electron chi connectivity index (χ4n) is 3.49. The molecule has 0 saturated heterocycles. The van der Waals surface area contributed by atoms with Crippen molar-refractivity contribution in [2.75, 3.05) is 10.2 Å². The topological polar surface area (TPSA) is 127 Å². The summed E-state index contributed by atoms with van der Waals surface area (Å²) in [6, 6.07) is 10.7. The molecule has 1 aromatic heterocycles. The first-order chi connectivity index (χ1) is 14.2. The minimum Gasteiger partial charge on any atom is -0.322 e. The van der Waals surface area contributed by atoms with Crippen molar-refractivity contribution in [1.29, 1.82) is 0 Å². The second kappa shape index (κ2) is 6.76. The van der Waals surface area contributed by atoms with Crippen molar-refractivity contribution in [2.45, 2.75) is 25.9 Å². The summed E-state index contributed by atoms with van der Waals surface area (Å²) in [5, 5.41) is 13.8. The van der Waals surface area contributed by atoms with Crippen LogP contribution in [0.15, 0.2) is 53.6 Å². The summed E-state index contributed by atoms with van der Waals surface area (Å²) >= 11 is 0. The zero-order chi connectivity index (χ0) is 21.6. The van der Waals surface area contributed by atoms with Gasteiger partial charge in [0.2, 0.25) is 11.8 Å². The van der Waals surface area contributed by atoms with Gasteiger partial charge in [-0.15, -0.1) is 0 Å².